The highest BCUT2D eigenvalue weighted by molar-refractivity contribution is 4.67. The fraction of sp³-hybridized carbons (Fsp3) is 1.00. The second kappa shape index (κ2) is 9.90. The van der Waals surface area contributed by atoms with Gasteiger partial charge in [0, 0.05) is 13.1 Å². The number of nitrogens with zero attached hydrogens (tertiary/aromatic N) is 1. The Balaban J connectivity index is 1.83. The van der Waals surface area contributed by atoms with Crippen molar-refractivity contribution >= 4 is 0 Å². The van der Waals surface area contributed by atoms with E-state index < -0.39 is 0 Å². The molecule has 1 heterocycles. The Hall–Kier alpha value is -0.0800. The van der Waals surface area contributed by atoms with Gasteiger partial charge in [-0.05, 0) is 19.9 Å². The SMILES string of the molecule is CCCCCCCCCCN1CCOC(C)C1. The minimum absolute atomic E-state index is 0.442. The molecule has 1 aliphatic heterocycles. The van der Waals surface area contributed by atoms with Crippen molar-refractivity contribution in [1.29, 1.82) is 0 Å². The summed E-state index contributed by atoms with van der Waals surface area (Å²) in [7, 11) is 0. The lowest BCUT2D eigenvalue weighted by atomic mass is 10.1. The highest BCUT2D eigenvalue weighted by Crippen LogP contribution is 2.10. The molecule has 1 aliphatic rings. The number of rotatable bonds is 9. The molecule has 1 saturated heterocycles. The van der Waals surface area contributed by atoms with Gasteiger partial charge in [0.05, 0.1) is 12.7 Å². The van der Waals surface area contributed by atoms with Crippen LogP contribution in [0.3, 0.4) is 0 Å². The summed E-state index contributed by atoms with van der Waals surface area (Å²) in [5.74, 6) is 0. The number of unbranched alkanes of at least 4 members (excludes halogenated alkanes) is 7. The van der Waals surface area contributed by atoms with Crippen LogP contribution in [0.5, 0.6) is 0 Å². The van der Waals surface area contributed by atoms with Crippen molar-refractivity contribution in [2.75, 3.05) is 26.2 Å². The molecule has 1 fully saturated rings. The van der Waals surface area contributed by atoms with E-state index in [1.807, 2.05) is 0 Å². The topological polar surface area (TPSA) is 12.5 Å². The van der Waals surface area contributed by atoms with E-state index in [9.17, 15) is 0 Å². The molecule has 2 nitrogen and oxygen atoms in total. The molecule has 17 heavy (non-hydrogen) atoms. The van der Waals surface area contributed by atoms with Crippen molar-refractivity contribution in [1.82, 2.24) is 4.90 Å². The van der Waals surface area contributed by atoms with Crippen molar-refractivity contribution in [2.45, 2.75) is 71.3 Å². The summed E-state index contributed by atoms with van der Waals surface area (Å²) in [6.45, 7) is 8.95. The average Bonchev–Trinajstić information content (AvgIpc) is 2.33. The molecule has 0 aromatic heterocycles. The second-order valence-electron chi connectivity index (χ2n) is 5.46. The molecule has 0 spiro atoms. The molecule has 0 N–H and O–H groups in total. The number of ether oxygens (including phenoxy) is 1. The van der Waals surface area contributed by atoms with Crippen molar-refractivity contribution in [2.24, 2.45) is 0 Å². The van der Waals surface area contributed by atoms with Crippen LogP contribution in [0.15, 0.2) is 0 Å². The summed E-state index contributed by atoms with van der Waals surface area (Å²) < 4.78 is 5.55. The lowest BCUT2D eigenvalue weighted by Crippen LogP contribution is -2.41. The van der Waals surface area contributed by atoms with Gasteiger partial charge in [-0.15, -0.1) is 0 Å². The molecule has 0 aromatic carbocycles. The van der Waals surface area contributed by atoms with Crippen molar-refractivity contribution < 1.29 is 4.74 Å². The van der Waals surface area contributed by atoms with E-state index in [1.165, 1.54) is 57.9 Å². The van der Waals surface area contributed by atoms with Gasteiger partial charge < -0.3 is 4.74 Å². The maximum atomic E-state index is 5.55. The zero-order chi connectivity index (χ0) is 12.3. The zero-order valence-electron chi connectivity index (χ0n) is 11.9. The average molecular weight is 241 g/mol. The van der Waals surface area contributed by atoms with Gasteiger partial charge in [-0.1, -0.05) is 51.9 Å². The number of morpholine rings is 1. The predicted octanol–water partition coefficient (Wildman–Crippen LogP) is 3.85. The van der Waals surface area contributed by atoms with Crippen molar-refractivity contribution in [3.63, 3.8) is 0 Å². The fourth-order valence-corrected chi connectivity index (χ4v) is 2.56. The molecule has 1 unspecified atom stereocenters. The lowest BCUT2D eigenvalue weighted by molar-refractivity contribution is -0.0186. The predicted molar refractivity (Wildman–Crippen MR) is 74.5 cm³/mol. The van der Waals surface area contributed by atoms with Crippen molar-refractivity contribution in [3.05, 3.63) is 0 Å². The van der Waals surface area contributed by atoms with E-state index in [1.54, 1.807) is 0 Å². The Kier molecular flexibility index (Phi) is 8.72. The third-order valence-corrected chi connectivity index (χ3v) is 3.65. The minimum Gasteiger partial charge on any atom is -0.376 e. The highest BCUT2D eigenvalue weighted by Gasteiger charge is 2.15. The van der Waals surface area contributed by atoms with Gasteiger partial charge in [0.15, 0.2) is 0 Å². The summed E-state index contributed by atoms with van der Waals surface area (Å²) in [5, 5.41) is 0. The minimum atomic E-state index is 0.442. The molecule has 102 valence electrons. The van der Waals surface area contributed by atoms with Gasteiger partial charge in [0.25, 0.3) is 0 Å². The van der Waals surface area contributed by atoms with Crippen LogP contribution in [0.1, 0.15) is 65.2 Å². The van der Waals surface area contributed by atoms with E-state index >= 15 is 0 Å². The molecular weight excluding hydrogens is 210 g/mol. The van der Waals surface area contributed by atoms with Gasteiger partial charge in [0.2, 0.25) is 0 Å². The zero-order valence-corrected chi connectivity index (χ0v) is 11.9. The number of hydrogen-bond donors (Lipinski definition) is 0. The molecular formula is C15H31NO. The first kappa shape index (κ1) is 15.0. The van der Waals surface area contributed by atoms with E-state index in [-0.39, 0.29) is 0 Å². The summed E-state index contributed by atoms with van der Waals surface area (Å²) in [6, 6.07) is 0. The molecule has 2 heteroatoms. The van der Waals surface area contributed by atoms with Crippen LogP contribution in [-0.4, -0.2) is 37.2 Å². The Bertz CT molecular complexity index is 172. The fourth-order valence-electron chi connectivity index (χ4n) is 2.56. The smallest absolute Gasteiger partial charge is 0.0674 e. The quantitative estimate of drug-likeness (QED) is 0.569. The Morgan fingerprint density at radius 2 is 1.65 bits per heavy atom. The maximum absolute atomic E-state index is 5.55. The lowest BCUT2D eigenvalue weighted by Gasteiger charge is -2.30. The van der Waals surface area contributed by atoms with E-state index in [4.69, 9.17) is 4.74 Å². The van der Waals surface area contributed by atoms with E-state index in [0.29, 0.717) is 6.10 Å². The molecule has 0 bridgehead atoms. The van der Waals surface area contributed by atoms with Crippen LogP contribution in [0.25, 0.3) is 0 Å². The monoisotopic (exact) mass is 241 g/mol. The van der Waals surface area contributed by atoms with Gasteiger partial charge in [-0.3, -0.25) is 4.90 Å². The molecule has 0 aromatic rings. The first-order valence-electron chi connectivity index (χ1n) is 7.67. The van der Waals surface area contributed by atoms with Crippen LogP contribution in [0, 0.1) is 0 Å². The second-order valence-corrected chi connectivity index (χ2v) is 5.46. The Labute approximate surface area is 108 Å². The third kappa shape index (κ3) is 7.77. The van der Waals surface area contributed by atoms with E-state index in [0.717, 1.165) is 19.7 Å². The van der Waals surface area contributed by atoms with Crippen LogP contribution in [0.2, 0.25) is 0 Å². The number of hydrogen-bond acceptors (Lipinski definition) is 2. The van der Waals surface area contributed by atoms with Gasteiger partial charge >= 0.3 is 0 Å². The summed E-state index contributed by atoms with van der Waals surface area (Å²) in [5.41, 5.74) is 0. The first-order valence-corrected chi connectivity index (χ1v) is 7.67. The molecule has 1 rings (SSSR count). The van der Waals surface area contributed by atoms with Gasteiger partial charge in [0.1, 0.15) is 0 Å². The van der Waals surface area contributed by atoms with Gasteiger partial charge in [-0.2, -0.15) is 0 Å². The third-order valence-electron chi connectivity index (χ3n) is 3.65. The van der Waals surface area contributed by atoms with Crippen LogP contribution in [-0.2, 0) is 4.74 Å². The summed E-state index contributed by atoms with van der Waals surface area (Å²) in [4.78, 5) is 2.56. The normalized spacial score (nSPS) is 21.9. The van der Waals surface area contributed by atoms with Crippen LogP contribution >= 0.6 is 0 Å². The standard InChI is InChI=1S/C15H31NO/c1-3-4-5-6-7-8-9-10-11-16-12-13-17-15(2)14-16/h15H,3-14H2,1-2H3. The summed E-state index contributed by atoms with van der Waals surface area (Å²) >= 11 is 0. The van der Waals surface area contributed by atoms with Crippen LogP contribution < -0.4 is 0 Å². The van der Waals surface area contributed by atoms with E-state index in [2.05, 4.69) is 18.7 Å². The van der Waals surface area contributed by atoms with Crippen molar-refractivity contribution in [3.8, 4) is 0 Å². The highest BCUT2D eigenvalue weighted by atomic mass is 16.5. The van der Waals surface area contributed by atoms with Crippen LogP contribution in [0.4, 0.5) is 0 Å². The largest absolute Gasteiger partial charge is 0.376 e. The molecule has 0 radical (unpaired) electrons. The molecule has 0 saturated carbocycles. The molecule has 0 amide bonds. The molecule has 0 aliphatic carbocycles. The first-order chi connectivity index (χ1) is 8.33. The maximum Gasteiger partial charge on any atom is 0.0674 e. The Morgan fingerprint density at radius 1 is 1.00 bits per heavy atom. The Morgan fingerprint density at radius 3 is 2.29 bits per heavy atom. The summed E-state index contributed by atoms with van der Waals surface area (Å²) in [6.07, 6.45) is 11.8. The molecule has 1 atom stereocenters. The van der Waals surface area contributed by atoms with Gasteiger partial charge in [-0.25, -0.2) is 0 Å².